The number of nitrogens with zero attached hydrogens (tertiary/aromatic N) is 2. The van der Waals surface area contributed by atoms with Crippen LogP contribution in [0, 0.1) is 29.6 Å². The number of likely N-dealkylation sites (tertiary alicyclic amines) is 1. The average Bonchev–Trinajstić information content (AvgIpc) is 3.26. The summed E-state index contributed by atoms with van der Waals surface area (Å²) < 4.78 is 30.0. The number of ketones is 2. The summed E-state index contributed by atoms with van der Waals surface area (Å²) in [6.45, 7) is 9.48. The summed E-state index contributed by atoms with van der Waals surface area (Å²) in [6, 6.07) is -1.17. The van der Waals surface area contributed by atoms with Crippen molar-refractivity contribution in [2.24, 2.45) is 29.6 Å². The van der Waals surface area contributed by atoms with E-state index in [-0.39, 0.29) is 69.2 Å². The van der Waals surface area contributed by atoms with Crippen LogP contribution in [0.2, 0.25) is 0 Å². The molecule has 2 bridgehead atoms. The van der Waals surface area contributed by atoms with E-state index in [2.05, 4.69) is 0 Å². The molecule has 2 amide bonds. The maximum Gasteiger partial charge on any atom is 0.410 e. The SMILES string of the molecule is CO[C@H]1C[C@@H](C)C/C(C)=C/[C@@H](C/C=C/CO)C(=O)C[C@H](O)[C@@H](C)[C@@H](/C(C)=C/[C@H]2CC[C@H](OC(=O)N3CC(O)C3)CC2)OC(=O)[C@@H]2CCCCN2C(=O)C(=O)[C@]2(O)O[C@H]1[C@@H](OC)C[C@H]2C. The van der Waals surface area contributed by atoms with Crippen molar-refractivity contribution in [2.45, 2.75) is 166 Å². The fourth-order valence-electron chi connectivity index (χ4n) is 10.2. The van der Waals surface area contributed by atoms with Gasteiger partial charge in [0, 0.05) is 44.9 Å². The minimum absolute atomic E-state index is 0.0247. The van der Waals surface area contributed by atoms with Crippen LogP contribution in [0.15, 0.2) is 35.5 Å². The molecule has 4 N–H and O–H groups in total. The van der Waals surface area contributed by atoms with Crippen molar-refractivity contribution in [3.8, 4) is 0 Å². The van der Waals surface area contributed by atoms with E-state index in [0.717, 1.165) is 5.57 Å². The number of hydrogen-bond acceptors (Lipinski definition) is 14. The molecule has 1 aliphatic carbocycles. The van der Waals surface area contributed by atoms with Crippen LogP contribution in [0.1, 0.15) is 112 Å². The number of carbonyl (C=O) groups is 5. The molecular weight excluding hydrogens is 829 g/mol. The summed E-state index contributed by atoms with van der Waals surface area (Å²) >= 11 is 0. The van der Waals surface area contributed by atoms with Gasteiger partial charge < -0.3 is 53.9 Å². The number of ether oxygens (including phenoxy) is 5. The summed E-state index contributed by atoms with van der Waals surface area (Å²) in [7, 11) is 3.03. The Morgan fingerprint density at radius 2 is 1.61 bits per heavy atom. The van der Waals surface area contributed by atoms with Crippen molar-refractivity contribution in [3.63, 3.8) is 0 Å². The van der Waals surface area contributed by atoms with Gasteiger partial charge in [0.25, 0.3) is 11.7 Å². The zero-order valence-electron chi connectivity index (χ0n) is 38.9. The summed E-state index contributed by atoms with van der Waals surface area (Å²) in [6.07, 6.45) is 6.57. The zero-order valence-corrected chi connectivity index (χ0v) is 38.9. The van der Waals surface area contributed by atoms with Crippen molar-refractivity contribution in [2.75, 3.05) is 40.5 Å². The normalized spacial score (nSPS) is 38.1. The molecule has 16 nitrogen and oxygen atoms in total. The number of hydrogen-bond donors (Lipinski definition) is 4. The number of aliphatic hydroxyl groups is 4. The number of methoxy groups -OCH3 is 2. The van der Waals surface area contributed by atoms with Gasteiger partial charge in [-0.15, -0.1) is 0 Å². The molecule has 4 heterocycles. The molecule has 5 aliphatic rings. The van der Waals surface area contributed by atoms with Crippen molar-refractivity contribution in [3.05, 3.63) is 35.5 Å². The van der Waals surface area contributed by atoms with Crippen molar-refractivity contribution in [1.82, 2.24) is 9.80 Å². The predicted molar refractivity (Wildman–Crippen MR) is 234 cm³/mol. The lowest BCUT2D eigenvalue weighted by molar-refractivity contribution is -0.302. The van der Waals surface area contributed by atoms with Crippen LogP contribution in [0.5, 0.6) is 0 Å². The van der Waals surface area contributed by atoms with Crippen LogP contribution in [-0.2, 0) is 42.9 Å². The second-order valence-corrected chi connectivity index (χ2v) is 19.2. The highest BCUT2D eigenvalue weighted by molar-refractivity contribution is 6.39. The molecule has 0 radical (unpaired) electrons. The van der Waals surface area contributed by atoms with Gasteiger partial charge in [-0.05, 0) is 102 Å². The van der Waals surface area contributed by atoms with Gasteiger partial charge in [0.2, 0.25) is 5.79 Å². The lowest BCUT2D eigenvalue weighted by Gasteiger charge is -2.47. The fourth-order valence-corrected chi connectivity index (χ4v) is 10.2. The number of β-amino-alcohol motifs (C(OH)–C–C–N with tert-alkyl or cyclic N) is 1. The number of fused-ring (bicyclic) bond motifs is 3. The van der Waals surface area contributed by atoms with Crippen molar-refractivity contribution in [1.29, 1.82) is 0 Å². The smallest absolute Gasteiger partial charge is 0.410 e. The molecule has 16 heteroatoms. The number of piperidine rings is 1. The second kappa shape index (κ2) is 23.3. The summed E-state index contributed by atoms with van der Waals surface area (Å²) in [5.41, 5.74) is 1.55. The molecule has 4 aliphatic heterocycles. The van der Waals surface area contributed by atoms with Gasteiger partial charge in [-0.2, -0.15) is 0 Å². The van der Waals surface area contributed by atoms with Crippen LogP contribution >= 0.6 is 0 Å². The summed E-state index contributed by atoms with van der Waals surface area (Å²) in [5, 5.41) is 43.0. The number of cyclic esters (lactones) is 1. The summed E-state index contributed by atoms with van der Waals surface area (Å²) in [5.74, 6) is -8.07. The van der Waals surface area contributed by atoms with E-state index < -0.39 is 90.0 Å². The van der Waals surface area contributed by atoms with Gasteiger partial charge in [0.05, 0.1) is 44.1 Å². The first-order chi connectivity index (χ1) is 30.4. The van der Waals surface area contributed by atoms with Crippen LogP contribution in [0.25, 0.3) is 0 Å². The third kappa shape index (κ3) is 12.7. The number of rotatable bonds is 8. The second-order valence-electron chi connectivity index (χ2n) is 19.2. The Morgan fingerprint density at radius 1 is 0.938 bits per heavy atom. The molecule has 3 saturated heterocycles. The molecule has 360 valence electrons. The van der Waals surface area contributed by atoms with E-state index in [0.29, 0.717) is 63.4 Å². The van der Waals surface area contributed by atoms with E-state index in [1.54, 1.807) is 26.0 Å². The number of esters is 1. The number of Topliss-reactive ketones (excluding diaryl/α,β-unsaturated/α-hetero) is 2. The Morgan fingerprint density at radius 3 is 2.25 bits per heavy atom. The van der Waals surface area contributed by atoms with Crippen LogP contribution < -0.4 is 0 Å². The zero-order chi connectivity index (χ0) is 46.9. The van der Waals surface area contributed by atoms with Crippen molar-refractivity contribution >= 4 is 29.5 Å². The molecule has 0 aromatic carbocycles. The molecule has 0 unspecified atom stereocenters. The first kappa shape index (κ1) is 51.5. The molecule has 4 fully saturated rings. The molecule has 0 aromatic rings. The lowest BCUT2D eigenvalue weighted by Crippen LogP contribution is -2.64. The highest BCUT2D eigenvalue weighted by atomic mass is 16.7. The fraction of sp³-hybridized carbons (Fsp3) is 0.771. The number of carbonyl (C=O) groups excluding carboxylic acids is 5. The monoisotopic (exact) mass is 903 g/mol. The standard InChI is InChI=1S/C48H74N2O14/c1-28-20-29(2)22-40(60-6)43-41(61-7)24-31(4)48(59,64-43)44(55)45(56)50-18-10-8-13-37(50)46(57)63-42(32(5)38(53)25-39(54)34(21-28)12-9-11-19-51)30(3)23-33-14-16-36(17-15-33)62-47(58)49-26-35(52)27-49/h9,11,21,23,29,31-38,40-43,51-53,59H,8,10,12-20,22,24-27H2,1-7H3/b11-9+,28-21+,30-23+/t29-,31+,32+,33-,34+,36-,37-,38-,40-,41-,42+,43+,48+/m0/s1. The van der Waals surface area contributed by atoms with Crippen LogP contribution in [0.4, 0.5) is 4.79 Å². The van der Waals surface area contributed by atoms with Gasteiger partial charge in [0.1, 0.15) is 30.1 Å². The third-order valence-electron chi connectivity index (χ3n) is 14.1. The molecule has 5 rings (SSSR count). The molecule has 11 atom stereocenters. The minimum Gasteiger partial charge on any atom is -0.456 e. The predicted octanol–water partition coefficient (Wildman–Crippen LogP) is 4.20. The van der Waals surface area contributed by atoms with E-state index in [1.807, 2.05) is 32.9 Å². The van der Waals surface area contributed by atoms with Crippen LogP contribution in [0.3, 0.4) is 0 Å². The van der Waals surface area contributed by atoms with Gasteiger partial charge in [-0.1, -0.05) is 50.6 Å². The maximum atomic E-state index is 14.4. The minimum atomic E-state index is -2.54. The highest BCUT2D eigenvalue weighted by Gasteiger charge is 2.56. The Kier molecular flexibility index (Phi) is 18.7. The lowest BCUT2D eigenvalue weighted by atomic mass is 9.82. The van der Waals surface area contributed by atoms with Gasteiger partial charge in [0.15, 0.2) is 0 Å². The van der Waals surface area contributed by atoms with E-state index in [9.17, 15) is 44.4 Å². The van der Waals surface area contributed by atoms with Crippen molar-refractivity contribution < 1.29 is 68.1 Å². The molecule has 0 spiro atoms. The Bertz CT molecular complexity index is 1720. The van der Waals surface area contributed by atoms with E-state index in [4.69, 9.17) is 23.7 Å². The number of amides is 2. The Hall–Kier alpha value is -3.51. The number of allylic oxidation sites excluding steroid dienone is 4. The van der Waals surface area contributed by atoms with E-state index in [1.165, 1.54) is 24.0 Å². The first-order valence-corrected chi connectivity index (χ1v) is 23.4. The first-order valence-electron chi connectivity index (χ1n) is 23.4. The molecule has 1 saturated carbocycles. The van der Waals surface area contributed by atoms with Gasteiger partial charge in [-0.25, -0.2) is 9.59 Å². The number of aliphatic hydroxyl groups excluding tert-OH is 3. The topological polar surface area (TPSA) is 219 Å². The van der Waals surface area contributed by atoms with Gasteiger partial charge in [-0.3, -0.25) is 14.4 Å². The van der Waals surface area contributed by atoms with Crippen LogP contribution in [-0.4, -0.2) is 155 Å². The van der Waals surface area contributed by atoms with Gasteiger partial charge >= 0.3 is 12.1 Å². The third-order valence-corrected chi connectivity index (χ3v) is 14.1. The highest BCUT2D eigenvalue weighted by Crippen LogP contribution is 2.39. The molecule has 0 aromatic heterocycles. The average molecular weight is 903 g/mol. The summed E-state index contributed by atoms with van der Waals surface area (Å²) in [4.78, 5) is 72.3. The largest absolute Gasteiger partial charge is 0.456 e. The Balaban J connectivity index is 1.47. The molecular formula is C48H74N2O14. The maximum absolute atomic E-state index is 14.4. The van der Waals surface area contributed by atoms with E-state index >= 15 is 0 Å². The molecule has 64 heavy (non-hydrogen) atoms. The Labute approximate surface area is 378 Å². The quantitative estimate of drug-likeness (QED) is 0.153.